The molecule has 0 spiro atoms. The molecule has 0 aliphatic rings. The smallest absolute Gasteiger partial charge is 0.265 e. The predicted molar refractivity (Wildman–Crippen MR) is 113 cm³/mol. The van der Waals surface area contributed by atoms with Crippen molar-refractivity contribution < 1.29 is 13.2 Å². The summed E-state index contributed by atoms with van der Waals surface area (Å²) >= 11 is 2.78. The summed E-state index contributed by atoms with van der Waals surface area (Å²) < 4.78 is 30.8. The minimum atomic E-state index is -3.33. The molecule has 2 aromatic heterocycles. The Bertz CT molecular complexity index is 1270. The summed E-state index contributed by atoms with van der Waals surface area (Å²) in [7, 11) is -1.83. The van der Waals surface area contributed by atoms with Gasteiger partial charge in [-0.05, 0) is 59.4 Å². The van der Waals surface area contributed by atoms with Crippen LogP contribution in [0.4, 0.5) is 11.4 Å². The molecule has 1 N–H and O–H groups in total. The Labute approximate surface area is 164 Å². The van der Waals surface area contributed by atoms with E-state index in [1.54, 1.807) is 24.4 Å². The molecule has 0 aliphatic heterocycles. The van der Waals surface area contributed by atoms with Gasteiger partial charge in [0.15, 0.2) is 0 Å². The highest BCUT2D eigenvalue weighted by Crippen LogP contribution is 2.30. The first-order valence-electron chi connectivity index (χ1n) is 7.94. The number of rotatable bonds is 4. The number of carbonyl (C=O) groups excluding carboxylic acids is 1. The van der Waals surface area contributed by atoms with E-state index in [0.717, 1.165) is 26.4 Å². The fraction of sp³-hybridized carbons (Fsp3) is 0.111. The molecule has 0 saturated heterocycles. The molecule has 27 heavy (non-hydrogen) atoms. The molecule has 2 heterocycles. The number of hydrogen-bond acceptors (Lipinski definition) is 6. The van der Waals surface area contributed by atoms with Gasteiger partial charge in [0.25, 0.3) is 5.91 Å². The summed E-state index contributed by atoms with van der Waals surface area (Å²) in [6.45, 7) is 0. The minimum absolute atomic E-state index is 0.197. The number of sulfonamides is 1. The number of benzene rings is 2. The minimum Gasteiger partial charge on any atom is -0.321 e. The van der Waals surface area contributed by atoms with Crippen LogP contribution in [0.1, 0.15) is 9.67 Å². The highest BCUT2D eigenvalue weighted by atomic mass is 32.2. The van der Waals surface area contributed by atoms with Gasteiger partial charge in [0.05, 0.1) is 21.5 Å². The Morgan fingerprint density at radius 2 is 1.85 bits per heavy atom. The van der Waals surface area contributed by atoms with Gasteiger partial charge in [0.1, 0.15) is 0 Å². The van der Waals surface area contributed by atoms with Gasteiger partial charge in [0.2, 0.25) is 10.0 Å². The van der Waals surface area contributed by atoms with Crippen molar-refractivity contribution in [2.45, 2.75) is 0 Å². The lowest BCUT2D eigenvalue weighted by molar-refractivity contribution is 0.103. The highest BCUT2D eigenvalue weighted by molar-refractivity contribution is 7.92. The average Bonchev–Trinajstić information content (AvgIpc) is 3.25. The van der Waals surface area contributed by atoms with E-state index < -0.39 is 10.0 Å². The number of carbonyl (C=O) groups is 1. The zero-order chi connectivity index (χ0) is 19.2. The van der Waals surface area contributed by atoms with Gasteiger partial charge in [-0.1, -0.05) is 0 Å². The Balaban J connectivity index is 1.62. The summed E-state index contributed by atoms with van der Waals surface area (Å²) in [4.78, 5) is 13.2. The first kappa shape index (κ1) is 17.9. The molecule has 4 rings (SSSR count). The third-order valence-corrected chi connectivity index (χ3v) is 7.30. The van der Waals surface area contributed by atoms with E-state index in [4.69, 9.17) is 0 Å². The van der Waals surface area contributed by atoms with Crippen molar-refractivity contribution in [1.29, 1.82) is 0 Å². The summed E-state index contributed by atoms with van der Waals surface area (Å²) in [6, 6.07) is 12.8. The SMILES string of the molecule is CN(c1ccc2sc(C(=O)Nc3ccc4sncc4c3)cc2c1)S(C)(=O)=O. The van der Waals surface area contributed by atoms with E-state index in [1.807, 2.05) is 24.3 Å². The number of thiophene rings is 1. The molecule has 0 saturated carbocycles. The Hall–Kier alpha value is -2.49. The summed E-state index contributed by atoms with van der Waals surface area (Å²) in [5, 5.41) is 4.72. The van der Waals surface area contributed by atoms with Gasteiger partial charge in [-0.15, -0.1) is 11.3 Å². The number of amides is 1. The first-order chi connectivity index (χ1) is 12.8. The number of nitrogens with zero attached hydrogens (tertiary/aromatic N) is 2. The van der Waals surface area contributed by atoms with Crippen LogP contribution in [0.5, 0.6) is 0 Å². The first-order valence-corrected chi connectivity index (χ1v) is 11.4. The van der Waals surface area contributed by atoms with Crippen LogP contribution in [0.25, 0.3) is 20.2 Å². The molecule has 0 aliphatic carbocycles. The molecule has 1 amide bonds. The molecule has 0 atom stereocenters. The van der Waals surface area contributed by atoms with Crippen LogP contribution >= 0.6 is 22.9 Å². The third-order valence-electron chi connectivity index (χ3n) is 4.20. The van der Waals surface area contributed by atoms with Crippen molar-refractivity contribution in [3.8, 4) is 0 Å². The van der Waals surface area contributed by atoms with Gasteiger partial charge < -0.3 is 5.32 Å². The van der Waals surface area contributed by atoms with Gasteiger partial charge >= 0.3 is 0 Å². The maximum Gasteiger partial charge on any atom is 0.265 e. The molecule has 0 unspecified atom stereocenters. The largest absolute Gasteiger partial charge is 0.321 e. The van der Waals surface area contributed by atoms with Crippen LogP contribution in [-0.2, 0) is 10.0 Å². The second-order valence-corrected chi connectivity index (χ2v) is 10.0. The predicted octanol–water partition coefficient (Wildman–Crippen LogP) is 4.16. The van der Waals surface area contributed by atoms with E-state index in [9.17, 15) is 13.2 Å². The molecule has 0 radical (unpaired) electrons. The van der Waals surface area contributed by atoms with Crippen molar-refractivity contribution in [3.63, 3.8) is 0 Å². The molecule has 0 fully saturated rings. The van der Waals surface area contributed by atoms with Crippen LogP contribution < -0.4 is 9.62 Å². The van der Waals surface area contributed by atoms with E-state index in [0.29, 0.717) is 16.3 Å². The normalized spacial score (nSPS) is 11.8. The second kappa shape index (κ2) is 6.59. The molecule has 6 nitrogen and oxygen atoms in total. The van der Waals surface area contributed by atoms with Crippen molar-refractivity contribution in [1.82, 2.24) is 4.37 Å². The van der Waals surface area contributed by atoms with Crippen molar-refractivity contribution >= 4 is 70.3 Å². The molecule has 138 valence electrons. The van der Waals surface area contributed by atoms with Crippen LogP contribution in [-0.4, -0.2) is 32.0 Å². The molecular weight excluding hydrogens is 402 g/mol. The molecule has 0 bridgehead atoms. The lowest BCUT2D eigenvalue weighted by atomic mass is 10.2. The molecule has 2 aromatic carbocycles. The molecular formula is C18H15N3O3S3. The summed E-state index contributed by atoms with van der Waals surface area (Å²) in [5.74, 6) is -0.197. The molecule has 4 aromatic rings. The lowest BCUT2D eigenvalue weighted by Gasteiger charge is -2.16. The van der Waals surface area contributed by atoms with Gasteiger partial charge in [-0.25, -0.2) is 8.42 Å². The van der Waals surface area contributed by atoms with Crippen LogP contribution in [0.2, 0.25) is 0 Å². The van der Waals surface area contributed by atoms with E-state index in [2.05, 4.69) is 9.69 Å². The fourth-order valence-corrected chi connectivity index (χ4v) is 4.73. The zero-order valence-electron chi connectivity index (χ0n) is 14.5. The standard InChI is InChI=1S/C18H15N3O3S3/c1-21(27(2,23)24)14-4-6-15-11(8-14)9-17(25-15)18(22)20-13-3-5-16-12(7-13)10-19-26-16/h3-10H,1-2H3,(H,20,22). The summed E-state index contributed by atoms with van der Waals surface area (Å²) in [6.07, 6.45) is 2.93. The number of hydrogen-bond donors (Lipinski definition) is 1. The van der Waals surface area contributed by atoms with Gasteiger partial charge in [0, 0.05) is 29.0 Å². The Kier molecular flexibility index (Phi) is 4.37. The second-order valence-electron chi connectivity index (χ2n) is 6.10. The van der Waals surface area contributed by atoms with Gasteiger partial charge in [-0.2, -0.15) is 4.37 Å². The Morgan fingerprint density at radius 1 is 1.07 bits per heavy atom. The Morgan fingerprint density at radius 3 is 2.63 bits per heavy atom. The fourth-order valence-electron chi connectivity index (χ4n) is 2.67. The average molecular weight is 418 g/mol. The van der Waals surface area contributed by atoms with Crippen molar-refractivity contribution in [3.05, 3.63) is 53.5 Å². The number of anilines is 2. The topological polar surface area (TPSA) is 79.4 Å². The lowest BCUT2D eigenvalue weighted by Crippen LogP contribution is -2.24. The van der Waals surface area contributed by atoms with Crippen LogP contribution in [0, 0.1) is 0 Å². The van der Waals surface area contributed by atoms with Crippen LogP contribution in [0.3, 0.4) is 0 Å². The monoisotopic (exact) mass is 417 g/mol. The quantitative estimate of drug-likeness (QED) is 0.541. The molecule has 9 heteroatoms. The number of nitrogens with one attached hydrogen (secondary N) is 1. The highest BCUT2D eigenvalue weighted by Gasteiger charge is 2.15. The van der Waals surface area contributed by atoms with E-state index >= 15 is 0 Å². The zero-order valence-corrected chi connectivity index (χ0v) is 16.9. The maximum absolute atomic E-state index is 12.6. The number of aromatic nitrogens is 1. The van der Waals surface area contributed by atoms with E-state index in [1.165, 1.54) is 34.2 Å². The number of fused-ring (bicyclic) bond motifs is 2. The third kappa shape index (κ3) is 3.53. The van der Waals surface area contributed by atoms with Crippen molar-refractivity contribution in [2.24, 2.45) is 0 Å². The maximum atomic E-state index is 12.6. The van der Waals surface area contributed by atoms with Crippen LogP contribution in [0.15, 0.2) is 48.7 Å². The van der Waals surface area contributed by atoms with Crippen molar-refractivity contribution in [2.75, 3.05) is 22.9 Å². The van der Waals surface area contributed by atoms with E-state index in [-0.39, 0.29) is 5.91 Å². The summed E-state index contributed by atoms with van der Waals surface area (Å²) in [5.41, 5.74) is 1.27. The van der Waals surface area contributed by atoms with Gasteiger partial charge in [-0.3, -0.25) is 9.10 Å².